The van der Waals surface area contributed by atoms with E-state index >= 15 is 0 Å². The molecule has 0 unspecified atom stereocenters. The van der Waals surface area contributed by atoms with Crippen LogP contribution in [0.3, 0.4) is 0 Å². The SMILES string of the molecule is O=C(COCc1ccccc1)N1CCc2nc(-c3ccccc3)nc(N3CCCCC3)c2C1. The quantitative estimate of drug-likeness (QED) is 0.572. The molecule has 170 valence electrons. The Labute approximate surface area is 195 Å². The van der Waals surface area contributed by atoms with Gasteiger partial charge in [0.15, 0.2) is 5.82 Å². The number of ether oxygens (including phenoxy) is 1. The number of aromatic nitrogens is 2. The van der Waals surface area contributed by atoms with Crippen LogP contribution in [0, 0.1) is 0 Å². The second-order valence-corrected chi connectivity index (χ2v) is 8.75. The van der Waals surface area contributed by atoms with E-state index in [1.165, 1.54) is 19.3 Å². The van der Waals surface area contributed by atoms with E-state index in [0.29, 0.717) is 19.7 Å². The molecule has 0 bridgehead atoms. The van der Waals surface area contributed by atoms with Gasteiger partial charge in [-0.3, -0.25) is 4.79 Å². The van der Waals surface area contributed by atoms with Gasteiger partial charge in [-0.25, -0.2) is 9.97 Å². The molecule has 3 aromatic rings. The zero-order chi connectivity index (χ0) is 22.5. The summed E-state index contributed by atoms with van der Waals surface area (Å²) in [6, 6.07) is 20.1. The Bertz CT molecular complexity index is 1080. The fourth-order valence-electron chi connectivity index (χ4n) is 4.61. The van der Waals surface area contributed by atoms with E-state index in [9.17, 15) is 4.79 Å². The van der Waals surface area contributed by atoms with E-state index in [0.717, 1.165) is 53.5 Å². The number of hydrogen-bond donors (Lipinski definition) is 0. The highest BCUT2D eigenvalue weighted by Crippen LogP contribution is 2.31. The highest BCUT2D eigenvalue weighted by atomic mass is 16.5. The van der Waals surface area contributed by atoms with Crippen molar-refractivity contribution >= 4 is 11.7 Å². The van der Waals surface area contributed by atoms with Crippen molar-refractivity contribution in [3.8, 4) is 11.4 Å². The molecule has 0 N–H and O–H groups in total. The molecule has 0 spiro atoms. The molecule has 1 amide bonds. The molecule has 2 aliphatic rings. The zero-order valence-corrected chi connectivity index (χ0v) is 18.9. The zero-order valence-electron chi connectivity index (χ0n) is 18.9. The number of anilines is 1. The monoisotopic (exact) mass is 442 g/mol. The molecule has 0 atom stereocenters. The van der Waals surface area contributed by atoms with Gasteiger partial charge in [-0.05, 0) is 24.8 Å². The molecule has 33 heavy (non-hydrogen) atoms. The molecular weight excluding hydrogens is 412 g/mol. The lowest BCUT2D eigenvalue weighted by Crippen LogP contribution is -2.40. The molecule has 3 heterocycles. The van der Waals surface area contributed by atoms with Gasteiger partial charge in [0, 0.05) is 37.2 Å². The summed E-state index contributed by atoms with van der Waals surface area (Å²) in [5.74, 6) is 1.80. The van der Waals surface area contributed by atoms with Crippen LogP contribution in [0.15, 0.2) is 60.7 Å². The maximum atomic E-state index is 12.9. The van der Waals surface area contributed by atoms with Crippen LogP contribution in [0.5, 0.6) is 0 Å². The number of hydrogen-bond acceptors (Lipinski definition) is 5. The Balaban J connectivity index is 1.35. The minimum absolute atomic E-state index is 0.0216. The number of carbonyl (C=O) groups is 1. The average molecular weight is 443 g/mol. The third-order valence-electron chi connectivity index (χ3n) is 6.42. The maximum absolute atomic E-state index is 12.9. The number of benzene rings is 2. The van der Waals surface area contributed by atoms with Gasteiger partial charge >= 0.3 is 0 Å². The topological polar surface area (TPSA) is 58.6 Å². The number of nitrogens with zero attached hydrogens (tertiary/aromatic N) is 4. The van der Waals surface area contributed by atoms with Crippen LogP contribution in [-0.2, 0) is 29.1 Å². The van der Waals surface area contributed by atoms with Crippen molar-refractivity contribution in [3.63, 3.8) is 0 Å². The smallest absolute Gasteiger partial charge is 0.248 e. The molecule has 0 saturated carbocycles. The third-order valence-corrected chi connectivity index (χ3v) is 6.42. The van der Waals surface area contributed by atoms with Crippen molar-refractivity contribution in [1.82, 2.24) is 14.9 Å². The molecule has 6 nitrogen and oxygen atoms in total. The largest absolute Gasteiger partial charge is 0.367 e. The number of piperidine rings is 1. The summed E-state index contributed by atoms with van der Waals surface area (Å²) >= 11 is 0. The molecule has 1 saturated heterocycles. The van der Waals surface area contributed by atoms with Crippen molar-refractivity contribution in [1.29, 1.82) is 0 Å². The first kappa shape index (κ1) is 21.6. The van der Waals surface area contributed by atoms with Crippen molar-refractivity contribution in [2.24, 2.45) is 0 Å². The Morgan fingerprint density at radius 3 is 2.36 bits per heavy atom. The van der Waals surface area contributed by atoms with Gasteiger partial charge in [-0.1, -0.05) is 60.7 Å². The fraction of sp³-hybridized carbons (Fsp3) is 0.370. The van der Waals surface area contributed by atoms with E-state index in [4.69, 9.17) is 14.7 Å². The van der Waals surface area contributed by atoms with Gasteiger partial charge in [0.1, 0.15) is 12.4 Å². The van der Waals surface area contributed by atoms with Crippen LogP contribution in [0.4, 0.5) is 5.82 Å². The van der Waals surface area contributed by atoms with Gasteiger partial charge in [-0.2, -0.15) is 0 Å². The molecule has 2 aromatic carbocycles. The van der Waals surface area contributed by atoms with Gasteiger partial charge in [0.25, 0.3) is 0 Å². The molecule has 2 aliphatic heterocycles. The van der Waals surface area contributed by atoms with Crippen molar-refractivity contribution in [2.45, 2.75) is 38.8 Å². The number of fused-ring (bicyclic) bond motifs is 1. The highest BCUT2D eigenvalue weighted by Gasteiger charge is 2.28. The second kappa shape index (κ2) is 10.1. The van der Waals surface area contributed by atoms with Gasteiger partial charge < -0.3 is 14.5 Å². The van der Waals surface area contributed by atoms with Crippen LogP contribution >= 0.6 is 0 Å². The summed E-state index contributed by atoms with van der Waals surface area (Å²) < 4.78 is 5.71. The van der Waals surface area contributed by atoms with E-state index in [1.54, 1.807) is 0 Å². The molecule has 1 aromatic heterocycles. The Hall–Kier alpha value is -3.25. The lowest BCUT2D eigenvalue weighted by Gasteiger charge is -2.34. The number of amides is 1. The lowest BCUT2D eigenvalue weighted by atomic mass is 10.0. The van der Waals surface area contributed by atoms with Crippen molar-refractivity contribution < 1.29 is 9.53 Å². The van der Waals surface area contributed by atoms with Gasteiger partial charge in [-0.15, -0.1) is 0 Å². The van der Waals surface area contributed by atoms with Crippen molar-refractivity contribution in [2.75, 3.05) is 31.1 Å². The fourth-order valence-corrected chi connectivity index (χ4v) is 4.61. The second-order valence-electron chi connectivity index (χ2n) is 8.75. The Morgan fingerprint density at radius 2 is 1.61 bits per heavy atom. The minimum atomic E-state index is 0.0216. The van der Waals surface area contributed by atoms with Gasteiger partial charge in [0.05, 0.1) is 18.8 Å². The summed E-state index contributed by atoms with van der Waals surface area (Å²) in [5.41, 5.74) is 4.27. The third kappa shape index (κ3) is 5.06. The van der Waals surface area contributed by atoms with Crippen LogP contribution in [-0.4, -0.2) is 47.0 Å². The molecule has 1 fully saturated rings. The Kier molecular flexibility index (Phi) is 6.63. The van der Waals surface area contributed by atoms with E-state index in [1.807, 2.05) is 53.4 Å². The summed E-state index contributed by atoms with van der Waals surface area (Å²) in [4.78, 5) is 27.1. The van der Waals surface area contributed by atoms with Crippen LogP contribution < -0.4 is 4.90 Å². The first-order valence-corrected chi connectivity index (χ1v) is 11.9. The number of carbonyl (C=O) groups excluding carboxylic acids is 1. The molecule has 0 aliphatic carbocycles. The first-order chi connectivity index (χ1) is 16.3. The summed E-state index contributed by atoms with van der Waals surface area (Å²) in [5, 5.41) is 0. The summed E-state index contributed by atoms with van der Waals surface area (Å²) in [6.07, 6.45) is 4.35. The molecule has 6 heteroatoms. The van der Waals surface area contributed by atoms with Crippen LogP contribution in [0.25, 0.3) is 11.4 Å². The Morgan fingerprint density at radius 1 is 0.879 bits per heavy atom. The normalized spacial score (nSPS) is 15.9. The van der Waals surface area contributed by atoms with Gasteiger partial charge in [0.2, 0.25) is 5.91 Å². The minimum Gasteiger partial charge on any atom is -0.367 e. The molecule has 5 rings (SSSR count). The van der Waals surface area contributed by atoms with E-state index < -0.39 is 0 Å². The van der Waals surface area contributed by atoms with Crippen LogP contribution in [0.2, 0.25) is 0 Å². The number of rotatable bonds is 6. The van der Waals surface area contributed by atoms with Crippen molar-refractivity contribution in [3.05, 3.63) is 77.5 Å². The standard InChI is InChI=1S/C27H30N4O2/c32-25(20-33-19-21-10-4-1-5-11-21)31-17-14-24-23(18-31)27(30-15-8-3-9-16-30)29-26(28-24)22-12-6-2-7-13-22/h1-2,4-7,10-13H,3,8-9,14-20H2. The first-order valence-electron chi connectivity index (χ1n) is 11.9. The summed E-state index contributed by atoms with van der Waals surface area (Å²) in [6.45, 7) is 3.75. The highest BCUT2D eigenvalue weighted by molar-refractivity contribution is 5.78. The van der Waals surface area contributed by atoms with E-state index in [-0.39, 0.29) is 12.5 Å². The predicted molar refractivity (Wildman–Crippen MR) is 129 cm³/mol. The van der Waals surface area contributed by atoms with E-state index in [2.05, 4.69) is 17.0 Å². The molecular formula is C27H30N4O2. The van der Waals surface area contributed by atoms with Crippen LogP contribution in [0.1, 0.15) is 36.1 Å². The summed E-state index contributed by atoms with van der Waals surface area (Å²) in [7, 11) is 0. The average Bonchev–Trinajstić information content (AvgIpc) is 2.89. The molecule has 0 radical (unpaired) electrons. The maximum Gasteiger partial charge on any atom is 0.248 e. The lowest BCUT2D eigenvalue weighted by molar-refractivity contribution is -0.137. The predicted octanol–water partition coefficient (Wildman–Crippen LogP) is 4.24.